The van der Waals surface area contributed by atoms with Gasteiger partial charge in [0, 0.05) is 0 Å². The Kier molecular flexibility index (Phi) is 7.96. The molecule has 0 heterocycles. The Balaban J connectivity index is 1.77. The molecule has 2 aliphatic rings. The summed E-state index contributed by atoms with van der Waals surface area (Å²) in [4.78, 5) is 39.3. The summed E-state index contributed by atoms with van der Waals surface area (Å²) in [5.74, 6) is -2.29. The molecule has 1 unspecified atom stereocenters. The molecule has 0 bridgehead atoms. The second-order valence-corrected chi connectivity index (χ2v) is 9.36. The van der Waals surface area contributed by atoms with Gasteiger partial charge in [0.25, 0.3) is 0 Å². The zero-order valence-corrected chi connectivity index (χ0v) is 22.0. The van der Waals surface area contributed by atoms with Crippen LogP contribution in [0.25, 0.3) is 16.7 Å². The van der Waals surface area contributed by atoms with Gasteiger partial charge in [-0.05, 0) is 58.7 Å². The van der Waals surface area contributed by atoms with Crippen molar-refractivity contribution in [3.63, 3.8) is 0 Å². The van der Waals surface area contributed by atoms with Gasteiger partial charge in [0.05, 0.1) is 20.8 Å². The molecule has 1 atom stereocenters. The van der Waals surface area contributed by atoms with Crippen LogP contribution in [0.1, 0.15) is 51.5 Å². The molecule has 0 aromatic heterocycles. The highest BCUT2D eigenvalue weighted by Crippen LogP contribution is 2.69. The minimum atomic E-state index is -1.68. The number of carbonyl (C=O) groups excluding carboxylic acids is 3. The van der Waals surface area contributed by atoms with Gasteiger partial charge in [-0.15, -0.1) is 0 Å². The molecule has 2 aromatic rings. The number of ether oxygens (including phenoxy) is 3. The SMILES string of the molecule is CCCCCCC1=C(C2=C(c3ccc(-c4ccccc4)cc3)C2(C(=O)OC)C(=O)OC)C1C(=O)OCC. The smallest absolute Gasteiger partial charge is 0.332 e. The van der Waals surface area contributed by atoms with E-state index < -0.39 is 23.3 Å². The highest BCUT2D eigenvalue weighted by Gasteiger charge is 2.71. The molecule has 4 rings (SSSR count). The van der Waals surface area contributed by atoms with Crippen LogP contribution in [0, 0.1) is 11.3 Å². The average Bonchev–Trinajstić information content (AvgIpc) is 3.82. The van der Waals surface area contributed by atoms with E-state index in [2.05, 4.69) is 6.92 Å². The number of rotatable bonds is 12. The van der Waals surface area contributed by atoms with Crippen molar-refractivity contribution in [1.29, 1.82) is 0 Å². The van der Waals surface area contributed by atoms with Gasteiger partial charge in [0.15, 0.2) is 0 Å². The molecule has 6 heteroatoms. The van der Waals surface area contributed by atoms with E-state index >= 15 is 0 Å². The lowest BCUT2D eigenvalue weighted by Gasteiger charge is -2.15. The van der Waals surface area contributed by atoms with Gasteiger partial charge < -0.3 is 14.2 Å². The Hall–Kier alpha value is -3.67. The Bertz CT molecular complexity index is 1220. The maximum atomic E-state index is 13.2. The minimum Gasteiger partial charge on any atom is -0.468 e. The third-order valence-corrected chi connectivity index (χ3v) is 7.19. The monoisotopic (exact) mass is 502 g/mol. The van der Waals surface area contributed by atoms with Crippen molar-refractivity contribution in [3.05, 3.63) is 76.9 Å². The van der Waals surface area contributed by atoms with Crippen LogP contribution in [0.2, 0.25) is 0 Å². The number of carbonyl (C=O) groups is 3. The first-order chi connectivity index (χ1) is 18.0. The maximum Gasteiger partial charge on any atom is 0.332 e. The fourth-order valence-electron chi connectivity index (χ4n) is 5.32. The highest BCUT2D eigenvalue weighted by molar-refractivity contribution is 6.28. The number of unbranched alkanes of at least 4 members (excludes halogenated alkanes) is 3. The van der Waals surface area contributed by atoms with Crippen LogP contribution in [0.4, 0.5) is 0 Å². The van der Waals surface area contributed by atoms with Crippen LogP contribution >= 0.6 is 0 Å². The van der Waals surface area contributed by atoms with E-state index in [0.717, 1.165) is 59.9 Å². The van der Waals surface area contributed by atoms with E-state index in [-0.39, 0.29) is 12.6 Å². The predicted molar refractivity (Wildman–Crippen MR) is 141 cm³/mol. The molecule has 2 aromatic carbocycles. The number of hydrogen-bond acceptors (Lipinski definition) is 6. The van der Waals surface area contributed by atoms with E-state index in [0.29, 0.717) is 11.1 Å². The molecule has 2 aliphatic carbocycles. The minimum absolute atomic E-state index is 0.262. The third kappa shape index (κ3) is 4.73. The molecule has 194 valence electrons. The van der Waals surface area contributed by atoms with Gasteiger partial charge in [-0.2, -0.15) is 0 Å². The van der Waals surface area contributed by atoms with E-state index in [9.17, 15) is 14.4 Å². The number of hydrogen-bond donors (Lipinski definition) is 0. The van der Waals surface area contributed by atoms with E-state index in [4.69, 9.17) is 14.2 Å². The fraction of sp³-hybridized carbons (Fsp3) is 0.387. The zero-order valence-electron chi connectivity index (χ0n) is 22.0. The summed E-state index contributed by atoms with van der Waals surface area (Å²) in [7, 11) is 2.52. The summed E-state index contributed by atoms with van der Waals surface area (Å²) < 4.78 is 15.6. The van der Waals surface area contributed by atoms with Crippen molar-refractivity contribution in [3.8, 4) is 11.1 Å². The molecule has 6 nitrogen and oxygen atoms in total. The van der Waals surface area contributed by atoms with Crippen molar-refractivity contribution in [2.24, 2.45) is 11.3 Å². The van der Waals surface area contributed by atoms with Gasteiger partial charge in [0.1, 0.15) is 5.92 Å². The third-order valence-electron chi connectivity index (χ3n) is 7.19. The van der Waals surface area contributed by atoms with Gasteiger partial charge in [0.2, 0.25) is 5.41 Å². The maximum absolute atomic E-state index is 13.2. The molecule has 0 saturated heterocycles. The molecule has 0 spiro atoms. The van der Waals surface area contributed by atoms with Gasteiger partial charge in [-0.25, -0.2) is 0 Å². The molecule has 0 N–H and O–H groups in total. The van der Waals surface area contributed by atoms with Crippen molar-refractivity contribution in [2.75, 3.05) is 20.8 Å². The van der Waals surface area contributed by atoms with Crippen molar-refractivity contribution < 1.29 is 28.6 Å². The molecule has 37 heavy (non-hydrogen) atoms. The normalized spacial score (nSPS) is 17.4. The molecule has 0 aliphatic heterocycles. The van der Waals surface area contributed by atoms with Crippen molar-refractivity contribution in [1.82, 2.24) is 0 Å². The Morgan fingerprint density at radius 2 is 1.35 bits per heavy atom. The van der Waals surface area contributed by atoms with Crippen LogP contribution in [-0.4, -0.2) is 38.7 Å². The van der Waals surface area contributed by atoms with Gasteiger partial charge in [-0.1, -0.05) is 80.8 Å². The summed E-state index contributed by atoms with van der Waals surface area (Å²) in [6.07, 6.45) is 4.92. The standard InChI is InChI=1S/C31H34O6/c1-5-7-8-12-15-23-24(25(23)28(32)37-6-2)27-26(31(27,29(33)35-3)30(34)36-4)22-18-16-21(17-19-22)20-13-10-9-11-14-20/h9-11,13-14,16-19,25H,5-8,12,15H2,1-4H3. The van der Waals surface area contributed by atoms with Crippen molar-refractivity contribution >= 4 is 23.5 Å². The van der Waals surface area contributed by atoms with E-state index in [1.807, 2.05) is 54.6 Å². The average molecular weight is 503 g/mol. The summed E-state index contributed by atoms with van der Waals surface area (Å²) in [6, 6.07) is 17.7. The van der Waals surface area contributed by atoms with Crippen LogP contribution in [0.15, 0.2) is 71.3 Å². The lowest BCUT2D eigenvalue weighted by molar-refractivity contribution is -0.159. The van der Waals surface area contributed by atoms with Gasteiger partial charge >= 0.3 is 17.9 Å². The molecule has 0 radical (unpaired) electrons. The first kappa shape index (κ1) is 26.4. The first-order valence-corrected chi connectivity index (χ1v) is 12.9. The number of methoxy groups -OCH3 is 2. The summed E-state index contributed by atoms with van der Waals surface area (Å²) in [5, 5.41) is 0. The lowest BCUT2D eigenvalue weighted by atomic mass is 9.92. The summed E-state index contributed by atoms with van der Waals surface area (Å²) >= 11 is 0. The van der Waals surface area contributed by atoms with Crippen LogP contribution < -0.4 is 0 Å². The Morgan fingerprint density at radius 1 is 0.757 bits per heavy atom. The predicted octanol–water partition coefficient (Wildman–Crippen LogP) is 5.91. The second kappa shape index (κ2) is 11.2. The molecule has 0 saturated carbocycles. The highest BCUT2D eigenvalue weighted by atomic mass is 16.5. The first-order valence-electron chi connectivity index (χ1n) is 12.9. The van der Waals surface area contributed by atoms with Crippen LogP contribution in [0.3, 0.4) is 0 Å². The lowest BCUT2D eigenvalue weighted by Crippen LogP contribution is -2.33. The van der Waals surface area contributed by atoms with E-state index in [1.165, 1.54) is 14.2 Å². The quantitative estimate of drug-likeness (QED) is 0.155. The molecular weight excluding hydrogens is 468 g/mol. The molecule has 0 fully saturated rings. The Morgan fingerprint density at radius 3 is 1.92 bits per heavy atom. The van der Waals surface area contributed by atoms with E-state index in [1.54, 1.807) is 6.92 Å². The second-order valence-electron chi connectivity index (χ2n) is 9.36. The van der Waals surface area contributed by atoms with Gasteiger partial charge in [-0.3, -0.25) is 14.4 Å². The van der Waals surface area contributed by atoms with Crippen molar-refractivity contribution in [2.45, 2.75) is 46.0 Å². The molecular formula is C31H34O6. The Labute approximate surface area is 218 Å². The zero-order chi connectivity index (χ0) is 26.6. The summed E-state index contributed by atoms with van der Waals surface area (Å²) in [5.41, 5.74) is 3.86. The summed E-state index contributed by atoms with van der Waals surface area (Å²) in [6.45, 7) is 4.18. The fourth-order valence-corrected chi connectivity index (χ4v) is 5.32. The van der Waals surface area contributed by atoms with Crippen LogP contribution in [-0.2, 0) is 28.6 Å². The van der Waals surface area contributed by atoms with Crippen LogP contribution in [0.5, 0.6) is 0 Å². The number of benzene rings is 2. The topological polar surface area (TPSA) is 78.9 Å². The largest absolute Gasteiger partial charge is 0.468 e. The number of esters is 3. The molecule has 0 amide bonds.